The SMILES string of the molecule is CCCCOC(=O)C(CC(C)(C)C(=O)OCCOC(=O)C(C)(C)CC(C(=O)OCCCC)C1=CC(=O)N(c2ccc(O)cc2)C1=O)C1=CC(=O)N(c2ccc(O)cc2)C1=O. The van der Waals surface area contributed by atoms with Gasteiger partial charge in [-0.1, -0.05) is 26.7 Å². The molecule has 0 radical (unpaired) electrons. The molecule has 0 fully saturated rings. The fourth-order valence-electron chi connectivity index (χ4n) is 6.49. The van der Waals surface area contributed by atoms with Crippen molar-refractivity contribution >= 4 is 58.9 Å². The Labute approximate surface area is 348 Å². The van der Waals surface area contributed by atoms with Crippen molar-refractivity contribution in [2.24, 2.45) is 22.7 Å². The number of amides is 4. The molecule has 4 rings (SSSR count). The topological polar surface area (TPSA) is 220 Å². The molecular formula is C44H52N2O14. The van der Waals surface area contributed by atoms with Crippen LogP contribution in [0.25, 0.3) is 0 Å². The number of rotatable bonds is 21. The molecule has 16 heteroatoms. The number of aromatic hydroxyl groups is 2. The highest BCUT2D eigenvalue weighted by molar-refractivity contribution is 6.32. The lowest BCUT2D eigenvalue weighted by Crippen LogP contribution is -2.38. The monoisotopic (exact) mass is 832 g/mol. The van der Waals surface area contributed by atoms with Crippen molar-refractivity contribution in [2.75, 3.05) is 36.2 Å². The molecule has 2 heterocycles. The molecule has 16 nitrogen and oxygen atoms in total. The Balaban J connectivity index is 1.41. The van der Waals surface area contributed by atoms with Crippen molar-refractivity contribution in [2.45, 2.75) is 80.1 Å². The van der Waals surface area contributed by atoms with E-state index in [1.807, 2.05) is 13.8 Å². The maximum atomic E-state index is 13.6. The zero-order chi connectivity index (χ0) is 44.4. The van der Waals surface area contributed by atoms with Crippen molar-refractivity contribution in [3.63, 3.8) is 0 Å². The molecule has 0 saturated heterocycles. The van der Waals surface area contributed by atoms with Gasteiger partial charge in [-0.05, 0) is 102 Å². The number of carbonyl (C=O) groups excluding carboxylic acids is 8. The van der Waals surface area contributed by atoms with Gasteiger partial charge in [-0.2, -0.15) is 0 Å². The number of carbonyl (C=O) groups is 8. The third kappa shape index (κ3) is 11.2. The summed E-state index contributed by atoms with van der Waals surface area (Å²) < 4.78 is 21.8. The van der Waals surface area contributed by atoms with Crippen LogP contribution in [0.2, 0.25) is 0 Å². The van der Waals surface area contributed by atoms with Crippen LogP contribution in [0.4, 0.5) is 11.4 Å². The van der Waals surface area contributed by atoms with E-state index in [0.717, 1.165) is 34.8 Å². The van der Waals surface area contributed by atoms with E-state index in [2.05, 4.69) is 0 Å². The number of phenolic OH excluding ortho intramolecular Hbond substituents is 2. The van der Waals surface area contributed by atoms with E-state index in [1.165, 1.54) is 76.2 Å². The number of esters is 4. The van der Waals surface area contributed by atoms with E-state index in [9.17, 15) is 48.6 Å². The standard InChI is InChI=1S/C44H52N2O14/c1-7-9-19-57-39(53)33(31-23-35(49)45(37(31)51)27-11-15-29(47)16-12-27)25-43(3,4)41(55)59-21-22-60-42(56)44(5,6)26-34(40(54)58-20-10-8-2)32-24-36(50)46(38(32)52)28-13-17-30(48)18-14-28/h11-18,23-24,33-34,47-48H,7-10,19-22,25-26H2,1-6H3. The molecular weight excluding hydrogens is 780 g/mol. The van der Waals surface area contributed by atoms with E-state index < -0.39 is 83.4 Å². The first kappa shape index (κ1) is 46.4. The Morgan fingerprint density at radius 2 is 0.883 bits per heavy atom. The number of phenols is 2. The largest absolute Gasteiger partial charge is 0.508 e. The van der Waals surface area contributed by atoms with Gasteiger partial charge in [-0.25, -0.2) is 9.80 Å². The smallest absolute Gasteiger partial charge is 0.313 e. The molecule has 0 spiro atoms. The number of hydrogen-bond donors (Lipinski definition) is 2. The molecule has 0 aliphatic carbocycles. The molecule has 322 valence electrons. The summed E-state index contributed by atoms with van der Waals surface area (Å²) in [5.74, 6) is -9.03. The van der Waals surface area contributed by atoms with Crippen LogP contribution in [0.1, 0.15) is 80.1 Å². The number of anilines is 2. The van der Waals surface area contributed by atoms with Gasteiger partial charge in [0.2, 0.25) is 0 Å². The van der Waals surface area contributed by atoms with Gasteiger partial charge >= 0.3 is 23.9 Å². The van der Waals surface area contributed by atoms with Crippen LogP contribution in [0.15, 0.2) is 71.8 Å². The van der Waals surface area contributed by atoms with Gasteiger partial charge in [0.1, 0.15) is 24.7 Å². The Hall–Kier alpha value is -6.32. The van der Waals surface area contributed by atoms with Crippen LogP contribution in [0.5, 0.6) is 11.5 Å². The molecule has 0 saturated carbocycles. The van der Waals surface area contributed by atoms with Crippen LogP contribution in [-0.4, -0.2) is 84.1 Å². The van der Waals surface area contributed by atoms with Crippen molar-refractivity contribution in [1.29, 1.82) is 0 Å². The number of benzene rings is 2. The van der Waals surface area contributed by atoms with Crippen molar-refractivity contribution in [1.82, 2.24) is 0 Å². The van der Waals surface area contributed by atoms with Crippen LogP contribution in [0.3, 0.4) is 0 Å². The molecule has 0 aromatic heterocycles. The second kappa shape index (κ2) is 20.1. The van der Waals surface area contributed by atoms with E-state index in [1.54, 1.807) is 0 Å². The van der Waals surface area contributed by atoms with Gasteiger partial charge in [-0.3, -0.25) is 38.4 Å². The summed E-state index contributed by atoms with van der Waals surface area (Å²) in [4.78, 5) is 109. The summed E-state index contributed by atoms with van der Waals surface area (Å²) in [6.07, 6.45) is 4.03. The lowest BCUT2D eigenvalue weighted by Gasteiger charge is -2.28. The second-order valence-electron chi connectivity index (χ2n) is 15.8. The highest BCUT2D eigenvalue weighted by atomic mass is 16.6. The van der Waals surface area contributed by atoms with Crippen LogP contribution in [-0.2, 0) is 57.3 Å². The quantitative estimate of drug-likeness (QED) is 0.0712. The molecule has 60 heavy (non-hydrogen) atoms. The number of imide groups is 2. The Morgan fingerprint density at radius 3 is 1.20 bits per heavy atom. The predicted molar refractivity (Wildman–Crippen MR) is 215 cm³/mol. The average molecular weight is 833 g/mol. The summed E-state index contributed by atoms with van der Waals surface area (Å²) >= 11 is 0. The summed E-state index contributed by atoms with van der Waals surface area (Å²) in [7, 11) is 0. The van der Waals surface area contributed by atoms with Crippen molar-refractivity contribution < 1.29 is 67.5 Å². The third-order valence-corrected chi connectivity index (χ3v) is 10.0. The molecule has 4 amide bonds. The Kier molecular flexibility index (Phi) is 15.5. The maximum Gasteiger partial charge on any atom is 0.313 e. The number of unbranched alkanes of at least 4 members (excludes halogenated alkanes) is 2. The fraction of sp³-hybridized carbons (Fsp3) is 0.455. The normalized spacial score (nSPS) is 15.4. The Morgan fingerprint density at radius 1 is 0.550 bits per heavy atom. The van der Waals surface area contributed by atoms with Crippen LogP contribution >= 0.6 is 0 Å². The molecule has 2 unspecified atom stereocenters. The van der Waals surface area contributed by atoms with Gasteiger partial charge in [0, 0.05) is 23.3 Å². The molecule has 2 aliphatic rings. The van der Waals surface area contributed by atoms with E-state index in [-0.39, 0.29) is 60.1 Å². The Bertz CT molecular complexity index is 1890. The fourth-order valence-corrected chi connectivity index (χ4v) is 6.49. The summed E-state index contributed by atoms with van der Waals surface area (Å²) in [6.45, 7) is 9.04. The first-order valence-corrected chi connectivity index (χ1v) is 19.8. The first-order valence-electron chi connectivity index (χ1n) is 19.8. The molecule has 2 aliphatic heterocycles. The maximum absolute atomic E-state index is 13.6. The molecule has 2 N–H and O–H groups in total. The van der Waals surface area contributed by atoms with E-state index in [0.29, 0.717) is 12.8 Å². The molecule has 0 bridgehead atoms. The van der Waals surface area contributed by atoms with Crippen molar-refractivity contribution in [3.8, 4) is 11.5 Å². The minimum absolute atomic E-state index is 0.0561. The number of hydrogen-bond acceptors (Lipinski definition) is 14. The zero-order valence-corrected chi connectivity index (χ0v) is 34.7. The molecule has 2 aromatic carbocycles. The first-order chi connectivity index (χ1) is 28.3. The minimum atomic E-state index is -1.42. The van der Waals surface area contributed by atoms with Gasteiger partial charge in [0.15, 0.2) is 0 Å². The van der Waals surface area contributed by atoms with Crippen molar-refractivity contribution in [3.05, 3.63) is 71.8 Å². The highest BCUT2D eigenvalue weighted by Gasteiger charge is 2.46. The number of ether oxygens (including phenoxy) is 4. The average Bonchev–Trinajstić information content (AvgIpc) is 3.66. The van der Waals surface area contributed by atoms with Crippen LogP contribution < -0.4 is 9.80 Å². The van der Waals surface area contributed by atoms with Crippen LogP contribution in [0, 0.1) is 22.7 Å². The van der Waals surface area contributed by atoms with Gasteiger partial charge < -0.3 is 29.2 Å². The summed E-state index contributed by atoms with van der Waals surface area (Å²) in [5, 5.41) is 19.3. The summed E-state index contributed by atoms with van der Waals surface area (Å²) in [5.41, 5.74) is -2.86. The third-order valence-electron chi connectivity index (χ3n) is 10.0. The molecule has 2 aromatic rings. The minimum Gasteiger partial charge on any atom is -0.508 e. The lowest BCUT2D eigenvalue weighted by molar-refractivity contribution is -0.165. The number of nitrogens with zero attached hydrogens (tertiary/aromatic N) is 2. The van der Waals surface area contributed by atoms with Gasteiger partial charge in [0.25, 0.3) is 23.6 Å². The lowest BCUT2D eigenvalue weighted by atomic mass is 9.79. The molecule has 2 atom stereocenters. The van der Waals surface area contributed by atoms with Gasteiger partial charge in [-0.15, -0.1) is 0 Å². The summed E-state index contributed by atoms with van der Waals surface area (Å²) in [6, 6.07) is 10.7. The highest BCUT2D eigenvalue weighted by Crippen LogP contribution is 2.38. The zero-order valence-electron chi connectivity index (χ0n) is 34.7. The van der Waals surface area contributed by atoms with E-state index in [4.69, 9.17) is 18.9 Å². The van der Waals surface area contributed by atoms with Gasteiger partial charge in [0.05, 0.1) is 47.3 Å². The predicted octanol–water partition coefficient (Wildman–Crippen LogP) is 5.24. The van der Waals surface area contributed by atoms with E-state index >= 15 is 0 Å². The second-order valence-corrected chi connectivity index (χ2v) is 15.8.